The molecule has 0 nitrogen and oxygen atoms in total. The second kappa shape index (κ2) is 19.5. The maximum atomic E-state index is 3.72. The molecule has 2 aliphatic carbocycles. The third-order valence-electron chi connectivity index (χ3n) is 6.09. The van der Waals surface area contributed by atoms with Gasteiger partial charge in [-0.3, -0.25) is 0 Å². The van der Waals surface area contributed by atoms with Crippen LogP contribution < -0.4 is 0 Å². The maximum absolute atomic E-state index is 3.72. The molecule has 0 aromatic heterocycles. The van der Waals surface area contributed by atoms with Crippen LogP contribution in [-0.2, 0) is 32.0 Å². The molecule has 4 heteroatoms. The third-order valence-corrected chi connectivity index (χ3v) is 6.09. The molecule has 4 aromatic rings. The number of fused-ring (bicyclic) bond motifs is 6. The summed E-state index contributed by atoms with van der Waals surface area (Å²) in [5, 5.41) is 0. The van der Waals surface area contributed by atoms with Gasteiger partial charge in [-0.05, 0) is 12.8 Å². The van der Waals surface area contributed by atoms with Gasteiger partial charge in [0.2, 0.25) is 0 Å². The van der Waals surface area contributed by atoms with Gasteiger partial charge in [0.1, 0.15) is 0 Å². The minimum Gasteiger partial charge on any atom is -0.179 e. The Kier molecular flexibility index (Phi) is 18.6. The van der Waals surface area contributed by atoms with E-state index in [1.807, 2.05) is 38.9 Å². The molecule has 0 atom stereocenters. The van der Waals surface area contributed by atoms with Crippen LogP contribution in [0.15, 0.2) is 84.9 Å². The molecule has 0 heterocycles. The summed E-state index contributed by atoms with van der Waals surface area (Å²) < 4.78 is 0. The van der Waals surface area contributed by atoms with Crippen molar-refractivity contribution in [1.82, 2.24) is 0 Å². The van der Waals surface area contributed by atoms with Crippen molar-refractivity contribution < 1.29 is 19.2 Å². The number of hydrogen-bond acceptors (Lipinski definition) is 0. The van der Waals surface area contributed by atoms with Crippen LogP contribution in [0.4, 0.5) is 0 Å². The Bertz CT molecular complexity index is 1010. The molecule has 0 bridgehead atoms. The fourth-order valence-electron chi connectivity index (χ4n) is 4.42. The molecule has 2 aliphatic rings. The summed E-state index contributed by atoms with van der Waals surface area (Å²) in [7, 11) is 1.86. The van der Waals surface area contributed by atoms with Crippen LogP contribution in [0.5, 0.6) is 0 Å². The third kappa shape index (κ3) is 9.57. The van der Waals surface area contributed by atoms with Crippen molar-refractivity contribution in [1.29, 1.82) is 0 Å². The van der Waals surface area contributed by atoms with Crippen LogP contribution in [-0.4, -0.2) is 7.63 Å². The van der Waals surface area contributed by atoms with Gasteiger partial charge in [0, 0.05) is 0 Å². The zero-order valence-corrected chi connectivity index (χ0v) is 26.7. The molecule has 0 saturated heterocycles. The number of rotatable bonds is 3. The molecule has 0 amide bonds. The SMILES string of the molecule is Cl.Cl.[CH2-]CCCCC.[CH3-].[SiH2]=[Ti].[c-]1cccc2c1Cc1ccccc1-2.[c-]1cccc2c1Cc1ccccc1-2. The van der Waals surface area contributed by atoms with Gasteiger partial charge in [0.15, 0.2) is 0 Å². The van der Waals surface area contributed by atoms with Crippen molar-refractivity contribution >= 4 is 32.4 Å². The second-order valence-electron chi connectivity index (χ2n) is 8.35. The minimum absolute atomic E-state index is 0. The van der Waals surface area contributed by atoms with E-state index in [4.69, 9.17) is 0 Å². The van der Waals surface area contributed by atoms with E-state index in [1.54, 1.807) is 0 Å². The quantitative estimate of drug-likeness (QED) is 0.111. The average Bonchev–Trinajstić information content (AvgIpc) is 3.48. The summed E-state index contributed by atoms with van der Waals surface area (Å²) in [6, 6.07) is 36.2. The Morgan fingerprint density at radius 2 is 1.08 bits per heavy atom. The Labute approximate surface area is 251 Å². The van der Waals surface area contributed by atoms with E-state index < -0.39 is 0 Å². The van der Waals surface area contributed by atoms with E-state index in [2.05, 4.69) is 98.8 Å². The smallest absolute Gasteiger partial charge is 0.0253 e. The molecule has 0 aliphatic heterocycles. The van der Waals surface area contributed by atoms with Crippen molar-refractivity contribution in [3.05, 3.63) is 134 Å². The summed E-state index contributed by atoms with van der Waals surface area (Å²) in [6.07, 6.45) is 7.17. The molecule has 0 radical (unpaired) electrons. The molecule has 0 saturated carbocycles. The van der Waals surface area contributed by atoms with E-state index in [1.165, 1.54) is 63.8 Å². The predicted molar refractivity (Wildman–Crippen MR) is 166 cm³/mol. The Balaban J connectivity index is 0.000000518. The molecule has 0 unspecified atom stereocenters. The van der Waals surface area contributed by atoms with Crippen LogP contribution in [0.1, 0.15) is 54.9 Å². The molecule has 0 spiro atoms. The fourth-order valence-corrected chi connectivity index (χ4v) is 4.42. The van der Waals surface area contributed by atoms with E-state index in [0.29, 0.717) is 0 Å². The van der Waals surface area contributed by atoms with Crippen LogP contribution in [0.2, 0.25) is 0 Å². The first kappa shape index (κ1) is 35.4. The van der Waals surface area contributed by atoms with Crippen molar-refractivity contribution in [3.8, 4) is 22.3 Å². The van der Waals surface area contributed by atoms with Crippen molar-refractivity contribution in [2.75, 3.05) is 0 Å². The molecule has 4 aromatic carbocycles. The molecular formula is C33H38Cl2SiTi-4. The normalized spacial score (nSPS) is 10.2. The predicted octanol–water partition coefficient (Wildman–Crippen LogP) is 8.89. The van der Waals surface area contributed by atoms with Crippen LogP contribution in [0, 0.1) is 26.5 Å². The molecule has 37 heavy (non-hydrogen) atoms. The number of halogens is 2. The fraction of sp³-hybridized carbons (Fsp3) is 0.212. The first-order valence-electron chi connectivity index (χ1n) is 12.1. The zero-order chi connectivity index (χ0) is 24.2. The summed E-state index contributed by atoms with van der Waals surface area (Å²) in [6.45, 7) is 5.93. The Morgan fingerprint density at radius 3 is 1.46 bits per heavy atom. The number of benzene rings is 4. The maximum Gasteiger partial charge on any atom is -0.0253 e. The molecule has 0 N–H and O–H groups in total. The zero-order valence-electron chi connectivity index (χ0n) is 22.1. The van der Waals surface area contributed by atoms with E-state index in [-0.39, 0.29) is 32.2 Å². The Morgan fingerprint density at radius 1 is 0.676 bits per heavy atom. The van der Waals surface area contributed by atoms with Crippen LogP contribution >= 0.6 is 24.8 Å². The Hall–Kier alpha value is -1.61. The van der Waals surface area contributed by atoms with Gasteiger partial charge in [0.05, 0.1) is 0 Å². The summed E-state index contributed by atoms with van der Waals surface area (Å²) in [5.74, 6) is 0. The molecule has 0 fully saturated rings. The molecule has 196 valence electrons. The monoisotopic (exact) mass is 580 g/mol. The van der Waals surface area contributed by atoms with E-state index >= 15 is 0 Å². The number of hydrogen-bond donors (Lipinski definition) is 0. The standard InChI is InChI=1S/2C13H9.C6H13.CH3.2ClH.H2Si.Ti/c2*1-3-7-12-10(5-1)9-11-6-2-4-8-13(11)12;1-3-5-6-4-2;;;;;/h2*1-5,7-8H,9H2;1,3-6H2,2H3;1H3;2*1H;1H2;/q4*-1;;;;. The van der Waals surface area contributed by atoms with Gasteiger partial charge in [-0.2, -0.15) is 66.1 Å². The topological polar surface area (TPSA) is 0 Å². The average molecular weight is 582 g/mol. The first-order chi connectivity index (χ1) is 16.8. The first-order valence-corrected chi connectivity index (χ1v) is 16.1. The molecular weight excluding hydrogens is 543 g/mol. The van der Waals surface area contributed by atoms with Gasteiger partial charge in [-0.1, -0.05) is 97.0 Å². The van der Waals surface area contributed by atoms with E-state index in [0.717, 1.165) is 19.3 Å². The van der Waals surface area contributed by atoms with Gasteiger partial charge >= 0.3 is 26.8 Å². The summed E-state index contributed by atoms with van der Waals surface area (Å²) >= 11 is 2.03. The minimum atomic E-state index is 0. The molecule has 6 rings (SSSR count). The van der Waals surface area contributed by atoms with Crippen LogP contribution in [0.25, 0.3) is 22.3 Å². The van der Waals surface area contributed by atoms with Crippen molar-refractivity contribution in [2.45, 2.75) is 45.4 Å². The van der Waals surface area contributed by atoms with Crippen molar-refractivity contribution in [3.63, 3.8) is 0 Å². The van der Waals surface area contributed by atoms with Crippen LogP contribution in [0.3, 0.4) is 0 Å². The number of unbranched alkanes of at least 4 members (excludes halogenated alkanes) is 3. The van der Waals surface area contributed by atoms with E-state index in [9.17, 15) is 0 Å². The van der Waals surface area contributed by atoms with Gasteiger partial charge in [-0.15, -0.1) is 35.9 Å². The van der Waals surface area contributed by atoms with Gasteiger partial charge < -0.3 is 14.4 Å². The van der Waals surface area contributed by atoms with Gasteiger partial charge in [-0.25, -0.2) is 0 Å². The largest absolute Gasteiger partial charge is 0.179 e. The van der Waals surface area contributed by atoms with Crippen molar-refractivity contribution in [2.24, 2.45) is 0 Å². The second-order valence-corrected chi connectivity index (χ2v) is 8.35. The summed E-state index contributed by atoms with van der Waals surface area (Å²) in [4.78, 5) is 0. The van der Waals surface area contributed by atoms with Gasteiger partial charge in [0.25, 0.3) is 0 Å². The summed E-state index contributed by atoms with van der Waals surface area (Å²) in [5.41, 5.74) is 11.0.